The quantitative estimate of drug-likeness (QED) is 0.144. The lowest BCUT2D eigenvalue weighted by molar-refractivity contribution is -0.188. The van der Waals surface area contributed by atoms with Crippen molar-refractivity contribution in [2.45, 2.75) is 31.4 Å². The van der Waals surface area contributed by atoms with Gasteiger partial charge in [-0.25, -0.2) is 9.79 Å². The van der Waals surface area contributed by atoms with E-state index in [9.17, 15) is 22.8 Å². The SMILES string of the molecule is COOC=NC(C#C[Si](C)(C)C)(CNC(=O)C(F)(F)F)C(=O)OC. The number of hydrogen-bond donors (Lipinski definition) is 1. The van der Waals surface area contributed by atoms with Crippen molar-refractivity contribution in [3.8, 4) is 11.5 Å². The molecule has 0 saturated carbocycles. The van der Waals surface area contributed by atoms with Crippen molar-refractivity contribution in [1.29, 1.82) is 0 Å². The number of amides is 1. The molecule has 24 heavy (non-hydrogen) atoms. The van der Waals surface area contributed by atoms with Gasteiger partial charge in [-0.1, -0.05) is 25.6 Å². The standard InChI is InChI=1S/C13H19F3N2O5Si/c1-21-11(20)12(18-9-23-22-2,6-7-24(3,4)5)8-17-10(19)13(14,15)16/h9H,8H2,1-5H3,(H,17,19). The van der Waals surface area contributed by atoms with E-state index in [2.05, 4.69) is 31.0 Å². The highest BCUT2D eigenvalue weighted by molar-refractivity contribution is 6.83. The van der Waals surface area contributed by atoms with Crippen LogP contribution in [0.3, 0.4) is 0 Å². The Kier molecular flexibility index (Phi) is 7.95. The van der Waals surface area contributed by atoms with Crippen molar-refractivity contribution in [2.24, 2.45) is 4.99 Å². The van der Waals surface area contributed by atoms with E-state index in [0.29, 0.717) is 6.40 Å². The lowest BCUT2D eigenvalue weighted by atomic mass is 10.0. The summed E-state index contributed by atoms with van der Waals surface area (Å²) in [5.41, 5.74) is 0.724. The highest BCUT2D eigenvalue weighted by atomic mass is 28.3. The van der Waals surface area contributed by atoms with Crippen LogP contribution in [-0.4, -0.2) is 58.8 Å². The van der Waals surface area contributed by atoms with Gasteiger partial charge in [-0.15, -0.1) is 5.54 Å². The Morgan fingerprint density at radius 3 is 2.25 bits per heavy atom. The molecule has 0 rings (SSSR count). The maximum Gasteiger partial charge on any atom is 0.471 e. The van der Waals surface area contributed by atoms with Gasteiger partial charge in [0.1, 0.15) is 8.07 Å². The Morgan fingerprint density at radius 1 is 1.25 bits per heavy atom. The molecular weight excluding hydrogens is 349 g/mol. The molecular formula is C13H19F3N2O5Si. The lowest BCUT2D eigenvalue weighted by Gasteiger charge is -2.22. The van der Waals surface area contributed by atoms with Gasteiger partial charge in [0.25, 0.3) is 0 Å². The van der Waals surface area contributed by atoms with E-state index in [1.165, 1.54) is 0 Å². The number of rotatable bonds is 6. The van der Waals surface area contributed by atoms with Crippen LogP contribution in [0, 0.1) is 11.5 Å². The van der Waals surface area contributed by atoms with Crippen LogP contribution in [0.2, 0.25) is 19.6 Å². The van der Waals surface area contributed by atoms with Crippen LogP contribution in [0.15, 0.2) is 4.99 Å². The third-order valence-electron chi connectivity index (χ3n) is 2.34. The van der Waals surface area contributed by atoms with E-state index < -0.39 is 38.2 Å². The molecule has 7 nitrogen and oxygen atoms in total. The largest absolute Gasteiger partial charge is 0.471 e. The number of hydrogen-bond acceptors (Lipinski definition) is 6. The summed E-state index contributed by atoms with van der Waals surface area (Å²) < 4.78 is 41.6. The van der Waals surface area contributed by atoms with Crippen LogP contribution in [0.5, 0.6) is 0 Å². The van der Waals surface area contributed by atoms with Crippen LogP contribution in [0.25, 0.3) is 0 Å². The smallest absolute Gasteiger partial charge is 0.466 e. The van der Waals surface area contributed by atoms with E-state index in [1.54, 1.807) is 5.32 Å². The van der Waals surface area contributed by atoms with Crippen molar-refractivity contribution in [3.05, 3.63) is 0 Å². The molecule has 0 fully saturated rings. The Balaban J connectivity index is 5.76. The van der Waals surface area contributed by atoms with Crippen LogP contribution in [0.1, 0.15) is 0 Å². The maximum atomic E-state index is 12.3. The molecule has 0 heterocycles. The van der Waals surface area contributed by atoms with Crippen molar-refractivity contribution in [3.63, 3.8) is 0 Å². The van der Waals surface area contributed by atoms with Gasteiger partial charge in [-0.05, 0) is 0 Å². The summed E-state index contributed by atoms with van der Waals surface area (Å²) in [6.07, 6.45) is -4.42. The fraction of sp³-hybridized carbons (Fsp3) is 0.615. The monoisotopic (exact) mass is 368 g/mol. The minimum atomic E-state index is -5.11. The molecule has 1 amide bonds. The van der Waals surface area contributed by atoms with Crippen LogP contribution in [0.4, 0.5) is 13.2 Å². The van der Waals surface area contributed by atoms with Gasteiger partial charge in [0.15, 0.2) is 0 Å². The van der Waals surface area contributed by atoms with Crippen LogP contribution < -0.4 is 5.32 Å². The topological polar surface area (TPSA) is 86.2 Å². The first kappa shape index (κ1) is 21.9. The second-order valence-electron chi connectivity index (χ2n) is 5.53. The van der Waals surface area contributed by atoms with E-state index in [1.807, 2.05) is 19.6 Å². The van der Waals surface area contributed by atoms with E-state index >= 15 is 0 Å². The Bertz CT molecular complexity index is 549. The molecule has 1 unspecified atom stereocenters. The summed E-state index contributed by atoms with van der Waals surface area (Å²) in [4.78, 5) is 35.4. The normalized spacial score (nSPS) is 14.3. The highest BCUT2D eigenvalue weighted by Crippen LogP contribution is 2.17. The van der Waals surface area contributed by atoms with Crippen molar-refractivity contribution >= 4 is 26.4 Å². The number of aliphatic imine (C=N–C) groups is 1. The van der Waals surface area contributed by atoms with E-state index in [0.717, 1.165) is 14.2 Å². The highest BCUT2D eigenvalue weighted by Gasteiger charge is 2.43. The van der Waals surface area contributed by atoms with Gasteiger partial charge in [-0.3, -0.25) is 4.79 Å². The van der Waals surface area contributed by atoms with Gasteiger partial charge in [0.05, 0.1) is 20.8 Å². The average molecular weight is 368 g/mol. The Hall–Kier alpha value is -2.06. The van der Waals surface area contributed by atoms with E-state index in [4.69, 9.17) is 0 Å². The van der Waals surface area contributed by atoms with Crippen molar-refractivity contribution < 1.29 is 37.3 Å². The summed E-state index contributed by atoms with van der Waals surface area (Å²) >= 11 is 0. The molecule has 0 aromatic heterocycles. The van der Waals surface area contributed by atoms with Gasteiger partial charge in [-0.2, -0.15) is 18.1 Å². The summed E-state index contributed by atoms with van der Waals surface area (Å²) in [5, 5.41) is 1.58. The third-order valence-corrected chi connectivity index (χ3v) is 3.22. The molecule has 0 radical (unpaired) electrons. The van der Waals surface area contributed by atoms with Crippen LogP contribution in [-0.2, 0) is 24.1 Å². The first-order chi connectivity index (χ1) is 10.9. The molecule has 136 valence electrons. The summed E-state index contributed by atoms with van der Waals surface area (Å²) in [6.45, 7) is 4.71. The predicted octanol–water partition coefficient (Wildman–Crippen LogP) is 1.06. The number of methoxy groups -OCH3 is 1. The molecule has 0 aromatic carbocycles. The molecule has 0 spiro atoms. The molecule has 1 N–H and O–H groups in total. The first-order valence-electron chi connectivity index (χ1n) is 6.59. The average Bonchev–Trinajstić information content (AvgIpc) is 2.46. The number of alkyl halides is 3. The molecule has 0 saturated heterocycles. The van der Waals surface area contributed by atoms with Gasteiger partial charge in [0.2, 0.25) is 11.9 Å². The van der Waals surface area contributed by atoms with Crippen molar-refractivity contribution in [2.75, 3.05) is 20.8 Å². The number of carbonyl (C=O) groups is 2. The van der Waals surface area contributed by atoms with Gasteiger partial charge >= 0.3 is 18.1 Å². The summed E-state index contributed by atoms with van der Waals surface area (Å²) in [7, 11) is 0.161. The second-order valence-corrected chi connectivity index (χ2v) is 10.3. The lowest BCUT2D eigenvalue weighted by Crippen LogP contribution is -2.50. The zero-order valence-corrected chi connectivity index (χ0v) is 14.9. The number of nitrogens with zero attached hydrogens (tertiary/aromatic N) is 1. The number of esters is 1. The maximum absolute atomic E-state index is 12.3. The van der Waals surface area contributed by atoms with Crippen LogP contribution >= 0.6 is 0 Å². The molecule has 0 bridgehead atoms. The molecule has 0 aromatic rings. The second kappa shape index (κ2) is 8.70. The molecule has 0 aliphatic rings. The number of carbonyl (C=O) groups excluding carboxylic acids is 2. The van der Waals surface area contributed by atoms with Gasteiger partial charge in [0, 0.05) is 0 Å². The first-order valence-corrected chi connectivity index (χ1v) is 10.1. The number of nitrogens with one attached hydrogen (secondary N) is 1. The van der Waals surface area contributed by atoms with E-state index in [-0.39, 0.29) is 0 Å². The zero-order valence-electron chi connectivity index (χ0n) is 13.9. The summed E-state index contributed by atoms with van der Waals surface area (Å²) in [5.74, 6) is -0.766. The summed E-state index contributed by atoms with van der Waals surface area (Å²) in [6, 6.07) is 0. The zero-order chi connectivity index (χ0) is 19.0. The molecule has 1 atom stereocenters. The molecule has 0 aliphatic carbocycles. The molecule has 0 aliphatic heterocycles. The number of ether oxygens (including phenoxy) is 1. The third kappa shape index (κ3) is 7.47. The Labute approximate surface area is 138 Å². The van der Waals surface area contributed by atoms with Crippen molar-refractivity contribution in [1.82, 2.24) is 5.32 Å². The minimum absolute atomic E-state index is 0.690. The number of halogens is 3. The minimum Gasteiger partial charge on any atom is -0.466 e. The predicted molar refractivity (Wildman–Crippen MR) is 81.5 cm³/mol. The Morgan fingerprint density at radius 2 is 1.83 bits per heavy atom. The fourth-order valence-electron chi connectivity index (χ4n) is 1.22. The molecule has 11 heteroatoms. The fourth-order valence-corrected chi connectivity index (χ4v) is 1.80. The van der Waals surface area contributed by atoms with Gasteiger partial charge < -0.3 is 14.9 Å².